The average molecular weight is 314 g/mol. The van der Waals surface area contributed by atoms with Crippen molar-refractivity contribution in [2.75, 3.05) is 25.4 Å². The summed E-state index contributed by atoms with van der Waals surface area (Å²) in [5.74, 6) is 0.00408. The first-order valence-corrected chi connectivity index (χ1v) is 8.79. The molecule has 1 saturated heterocycles. The Kier molecular flexibility index (Phi) is 5.41. The molecule has 1 N–H and O–H groups in total. The molecule has 5 nitrogen and oxygen atoms in total. The molecule has 0 aromatic rings. The van der Waals surface area contributed by atoms with E-state index in [1.54, 1.807) is 4.90 Å². The maximum Gasteiger partial charge on any atom is 0.323 e. The highest BCUT2D eigenvalue weighted by molar-refractivity contribution is 8.00. The molecule has 6 heteroatoms. The SMILES string of the molecule is CC1(C)CCN(C(=O)N(CC(=O)O)C2CCCC2)CCS1. The molecule has 0 radical (unpaired) electrons. The lowest BCUT2D eigenvalue weighted by Gasteiger charge is -2.33. The lowest BCUT2D eigenvalue weighted by atomic mass is 10.1. The lowest BCUT2D eigenvalue weighted by molar-refractivity contribution is -0.138. The number of hydrogen-bond donors (Lipinski definition) is 1. The molecule has 0 spiro atoms. The second kappa shape index (κ2) is 6.90. The lowest BCUT2D eigenvalue weighted by Crippen LogP contribution is -2.50. The molecule has 120 valence electrons. The van der Waals surface area contributed by atoms with Crippen molar-refractivity contribution in [1.29, 1.82) is 0 Å². The monoisotopic (exact) mass is 314 g/mol. The quantitative estimate of drug-likeness (QED) is 0.870. The summed E-state index contributed by atoms with van der Waals surface area (Å²) in [6, 6.07) is 0.0279. The third kappa shape index (κ3) is 4.53. The van der Waals surface area contributed by atoms with Crippen LogP contribution < -0.4 is 0 Å². The molecule has 2 rings (SSSR count). The van der Waals surface area contributed by atoms with E-state index in [1.807, 2.05) is 16.7 Å². The van der Waals surface area contributed by atoms with E-state index < -0.39 is 5.97 Å². The molecule has 1 heterocycles. The fourth-order valence-corrected chi connectivity index (χ4v) is 4.21. The van der Waals surface area contributed by atoms with Gasteiger partial charge in [0.2, 0.25) is 0 Å². The fourth-order valence-electron chi connectivity index (χ4n) is 3.11. The molecule has 1 aliphatic heterocycles. The number of thioether (sulfide) groups is 1. The maximum atomic E-state index is 12.8. The Morgan fingerprint density at radius 1 is 1.29 bits per heavy atom. The van der Waals surface area contributed by atoms with Gasteiger partial charge in [-0.3, -0.25) is 4.79 Å². The van der Waals surface area contributed by atoms with Gasteiger partial charge in [-0.1, -0.05) is 26.7 Å². The normalized spacial score (nSPS) is 22.9. The third-order valence-corrected chi connectivity index (χ3v) is 5.80. The van der Waals surface area contributed by atoms with Crippen LogP contribution in [0.4, 0.5) is 4.79 Å². The van der Waals surface area contributed by atoms with Crippen LogP contribution in [0.15, 0.2) is 0 Å². The van der Waals surface area contributed by atoms with Gasteiger partial charge in [-0.2, -0.15) is 11.8 Å². The number of carbonyl (C=O) groups excluding carboxylic acids is 1. The largest absolute Gasteiger partial charge is 0.480 e. The third-order valence-electron chi connectivity index (χ3n) is 4.43. The average Bonchev–Trinajstić information content (AvgIpc) is 2.86. The molecule has 1 aliphatic carbocycles. The first-order chi connectivity index (χ1) is 9.89. The number of carboxylic acids is 1. The van der Waals surface area contributed by atoms with Crippen molar-refractivity contribution in [3.8, 4) is 0 Å². The van der Waals surface area contributed by atoms with E-state index in [-0.39, 0.29) is 23.4 Å². The topological polar surface area (TPSA) is 60.9 Å². The van der Waals surface area contributed by atoms with E-state index in [4.69, 9.17) is 5.11 Å². The van der Waals surface area contributed by atoms with Gasteiger partial charge >= 0.3 is 12.0 Å². The number of aliphatic carboxylic acids is 1. The molecule has 0 aromatic heterocycles. The van der Waals surface area contributed by atoms with Crippen LogP contribution in [0.2, 0.25) is 0 Å². The van der Waals surface area contributed by atoms with Gasteiger partial charge in [0.25, 0.3) is 0 Å². The predicted octanol–water partition coefficient (Wildman–Crippen LogP) is 2.65. The number of carboxylic acid groups (broad SMARTS) is 1. The van der Waals surface area contributed by atoms with E-state index in [1.165, 1.54) is 0 Å². The van der Waals surface area contributed by atoms with Crippen molar-refractivity contribution in [2.24, 2.45) is 0 Å². The fraction of sp³-hybridized carbons (Fsp3) is 0.867. The first kappa shape index (κ1) is 16.5. The Morgan fingerprint density at radius 2 is 1.95 bits per heavy atom. The van der Waals surface area contributed by atoms with E-state index >= 15 is 0 Å². The summed E-state index contributed by atoms with van der Waals surface area (Å²) < 4.78 is 0.194. The Bertz CT molecular complexity index is 394. The molecule has 0 atom stereocenters. The van der Waals surface area contributed by atoms with E-state index in [0.717, 1.165) is 50.9 Å². The molecule has 0 bridgehead atoms. The summed E-state index contributed by atoms with van der Waals surface area (Å²) in [5.41, 5.74) is 0. The Hall–Kier alpha value is -0.910. The Balaban J connectivity index is 2.04. The first-order valence-electron chi connectivity index (χ1n) is 7.80. The van der Waals surface area contributed by atoms with Crippen LogP contribution in [-0.2, 0) is 4.79 Å². The molecule has 2 fully saturated rings. The van der Waals surface area contributed by atoms with Crippen molar-refractivity contribution < 1.29 is 14.7 Å². The second-order valence-electron chi connectivity index (χ2n) is 6.59. The van der Waals surface area contributed by atoms with E-state index in [0.29, 0.717) is 0 Å². The van der Waals surface area contributed by atoms with Crippen LogP contribution in [0.3, 0.4) is 0 Å². The van der Waals surface area contributed by atoms with Gasteiger partial charge in [-0.05, 0) is 19.3 Å². The van der Waals surface area contributed by atoms with Crippen LogP contribution in [0.1, 0.15) is 46.0 Å². The van der Waals surface area contributed by atoms with Crippen molar-refractivity contribution >= 4 is 23.8 Å². The summed E-state index contributed by atoms with van der Waals surface area (Å²) in [5, 5.41) is 9.11. The summed E-state index contributed by atoms with van der Waals surface area (Å²) in [4.78, 5) is 27.3. The van der Waals surface area contributed by atoms with Gasteiger partial charge < -0.3 is 14.9 Å². The zero-order chi connectivity index (χ0) is 15.5. The van der Waals surface area contributed by atoms with Gasteiger partial charge in [0.15, 0.2) is 0 Å². The van der Waals surface area contributed by atoms with Crippen LogP contribution in [-0.4, -0.2) is 63.1 Å². The zero-order valence-corrected chi connectivity index (χ0v) is 13.8. The zero-order valence-electron chi connectivity index (χ0n) is 13.0. The predicted molar refractivity (Wildman–Crippen MR) is 84.7 cm³/mol. The molecule has 1 saturated carbocycles. The van der Waals surface area contributed by atoms with Crippen LogP contribution in [0.25, 0.3) is 0 Å². The van der Waals surface area contributed by atoms with Crippen LogP contribution >= 0.6 is 11.8 Å². The number of carbonyl (C=O) groups is 2. The van der Waals surface area contributed by atoms with Crippen LogP contribution in [0.5, 0.6) is 0 Å². The van der Waals surface area contributed by atoms with Crippen molar-refractivity contribution in [3.63, 3.8) is 0 Å². The standard InChI is InChI=1S/C15H26N2O3S/c1-15(2)7-8-16(9-10-21-15)14(20)17(11-13(18)19)12-5-3-4-6-12/h12H,3-11H2,1-2H3,(H,18,19). The summed E-state index contributed by atoms with van der Waals surface area (Å²) >= 11 is 1.89. The smallest absolute Gasteiger partial charge is 0.323 e. The van der Waals surface area contributed by atoms with E-state index in [2.05, 4.69) is 13.8 Å². The van der Waals surface area contributed by atoms with Crippen molar-refractivity contribution in [1.82, 2.24) is 9.80 Å². The maximum absolute atomic E-state index is 12.8. The number of hydrogen-bond acceptors (Lipinski definition) is 3. The van der Waals surface area contributed by atoms with Gasteiger partial charge in [0.05, 0.1) is 0 Å². The van der Waals surface area contributed by atoms with E-state index in [9.17, 15) is 9.59 Å². The molecular weight excluding hydrogens is 288 g/mol. The molecule has 0 unspecified atom stereocenters. The molecule has 21 heavy (non-hydrogen) atoms. The number of amides is 2. The second-order valence-corrected chi connectivity index (χ2v) is 8.39. The van der Waals surface area contributed by atoms with Gasteiger partial charge in [0.1, 0.15) is 6.54 Å². The highest BCUT2D eigenvalue weighted by Crippen LogP contribution is 2.31. The minimum Gasteiger partial charge on any atom is -0.480 e. The van der Waals surface area contributed by atoms with Gasteiger partial charge in [0, 0.05) is 29.6 Å². The van der Waals surface area contributed by atoms with Gasteiger partial charge in [-0.15, -0.1) is 0 Å². The summed E-state index contributed by atoms with van der Waals surface area (Å²) in [6.07, 6.45) is 5.02. The van der Waals surface area contributed by atoms with Crippen LogP contribution in [0, 0.1) is 0 Å². The molecule has 2 aliphatic rings. The Morgan fingerprint density at radius 3 is 2.57 bits per heavy atom. The number of urea groups is 1. The van der Waals surface area contributed by atoms with Crippen molar-refractivity contribution in [2.45, 2.75) is 56.7 Å². The molecule has 0 aromatic carbocycles. The minimum absolute atomic E-state index is 0.0809. The van der Waals surface area contributed by atoms with Gasteiger partial charge in [-0.25, -0.2) is 4.79 Å². The number of rotatable bonds is 3. The summed E-state index contributed by atoms with van der Waals surface area (Å²) in [7, 11) is 0. The Labute approximate surface area is 131 Å². The highest BCUT2D eigenvalue weighted by Gasteiger charge is 2.33. The molecular formula is C15H26N2O3S. The highest BCUT2D eigenvalue weighted by atomic mass is 32.2. The number of nitrogens with zero attached hydrogens (tertiary/aromatic N) is 2. The summed E-state index contributed by atoms with van der Waals surface area (Å²) in [6.45, 7) is 5.68. The van der Waals surface area contributed by atoms with Crippen molar-refractivity contribution in [3.05, 3.63) is 0 Å². The molecule has 2 amide bonds. The minimum atomic E-state index is -0.917.